The van der Waals surface area contributed by atoms with Crippen molar-refractivity contribution in [3.63, 3.8) is 0 Å². The zero-order valence-corrected chi connectivity index (χ0v) is 17.9. The summed E-state index contributed by atoms with van der Waals surface area (Å²) >= 11 is 0. The maximum absolute atomic E-state index is 12.0. The van der Waals surface area contributed by atoms with Crippen molar-refractivity contribution in [1.29, 1.82) is 0 Å². The molecule has 31 heavy (non-hydrogen) atoms. The molecule has 0 atom stereocenters. The predicted octanol–water partition coefficient (Wildman–Crippen LogP) is 4.60. The number of aryl methyl sites for hydroxylation is 1. The fraction of sp³-hybridized carbons (Fsp3) is 0.208. The molecule has 0 unspecified atom stereocenters. The molecule has 0 radical (unpaired) electrons. The van der Waals surface area contributed by atoms with Crippen molar-refractivity contribution in [3.05, 3.63) is 77.5 Å². The molecule has 0 aliphatic heterocycles. The number of rotatable bonds is 7. The van der Waals surface area contributed by atoms with Gasteiger partial charge in [0.05, 0.1) is 18.4 Å². The average molecular weight is 418 g/mol. The van der Waals surface area contributed by atoms with Crippen LogP contribution < -0.4 is 16.0 Å². The molecule has 0 bridgehead atoms. The fourth-order valence-corrected chi connectivity index (χ4v) is 3.18. The molecule has 7 nitrogen and oxygen atoms in total. The van der Waals surface area contributed by atoms with E-state index in [0.717, 1.165) is 22.3 Å². The number of aromatic nitrogens is 1. The number of amides is 2. The normalized spacial score (nSPS) is 10.3. The number of carbonyl (C=O) groups excluding carboxylic acids is 2. The number of benzene rings is 2. The van der Waals surface area contributed by atoms with Gasteiger partial charge in [-0.3, -0.25) is 0 Å². The number of carbonyl (C=O) groups is 2. The highest BCUT2D eigenvalue weighted by atomic mass is 16.5. The first-order chi connectivity index (χ1) is 15.0. The number of anilines is 2. The molecule has 0 aliphatic carbocycles. The lowest BCUT2D eigenvalue weighted by Crippen LogP contribution is -2.29. The largest absolute Gasteiger partial charge is 0.465 e. The van der Waals surface area contributed by atoms with Crippen molar-refractivity contribution in [2.24, 2.45) is 0 Å². The molecule has 3 rings (SSSR count). The summed E-state index contributed by atoms with van der Waals surface area (Å²) in [6, 6.07) is 16.9. The molecule has 1 heterocycles. The van der Waals surface area contributed by atoms with E-state index in [4.69, 9.17) is 4.74 Å². The van der Waals surface area contributed by atoms with Gasteiger partial charge in [0, 0.05) is 19.3 Å². The zero-order valence-electron chi connectivity index (χ0n) is 17.9. The van der Waals surface area contributed by atoms with Crippen LogP contribution in [0.4, 0.5) is 16.3 Å². The Morgan fingerprint density at radius 2 is 1.77 bits per heavy atom. The van der Waals surface area contributed by atoms with Gasteiger partial charge in [-0.25, -0.2) is 14.6 Å². The van der Waals surface area contributed by atoms with E-state index in [1.165, 1.54) is 7.11 Å². The van der Waals surface area contributed by atoms with Crippen LogP contribution in [0.2, 0.25) is 0 Å². The molecule has 0 spiro atoms. The van der Waals surface area contributed by atoms with E-state index in [1.54, 1.807) is 12.3 Å². The average Bonchev–Trinajstić information content (AvgIpc) is 2.79. The highest BCUT2D eigenvalue weighted by Crippen LogP contribution is 2.26. The molecule has 2 aromatic carbocycles. The van der Waals surface area contributed by atoms with Crippen molar-refractivity contribution in [3.8, 4) is 11.1 Å². The predicted molar refractivity (Wildman–Crippen MR) is 122 cm³/mol. The number of hydrogen-bond acceptors (Lipinski definition) is 5. The third kappa shape index (κ3) is 5.39. The van der Waals surface area contributed by atoms with Gasteiger partial charge in [-0.2, -0.15) is 0 Å². The third-order valence-corrected chi connectivity index (χ3v) is 4.79. The van der Waals surface area contributed by atoms with Crippen molar-refractivity contribution in [1.82, 2.24) is 10.3 Å². The lowest BCUT2D eigenvalue weighted by molar-refractivity contribution is 0.0601. The molecule has 0 saturated carbocycles. The number of ether oxygens (including phenoxy) is 1. The molecule has 3 N–H and O–H groups in total. The number of esters is 1. The van der Waals surface area contributed by atoms with Gasteiger partial charge in [0.15, 0.2) is 0 Å². The highest BCUT2D eigenvalue weighted by molar-refractivity contribution is 5.97. The van der Waals surface area contributed by atoms with Crippen LogP contribution in [0.15, 0.2) is 60.8 Å². The summed E-state index contributed by atoms with van der Waals surface area (Å²) in [4.78, 5) is 28.4. The van der Waals surface area contributed by atoms with Crippen molar-refractivity contribution in [2.75, 3.05) is 24.3 Å². The number of hydrogen-bond donors (Lipinski definition) is 3. The maximum Gasteiger partial charge on any atom is 0.338 e. The molecular formula is C24H26N4O3. The van der Waals surface area contributed by atoms with Gasteiger partial charge in [-0.05, 0) is 48.2 Å². The summed E-state index contributed by atoms with van der Waals surface area (Å²) in [5, 5.41) is 8.86. The van der Waals surface area contributed by atoms with Crippen LogP contribution in [0.5, 0.6) is 0 Å². The van der Waals surface area contributed by atoms with E-state index < -0.39 is 0 Å². The van der Waals surface area contributed by atoms with Gasteiger partial charge in [0.25, 0.3) is 0 Å². The van der Waals surface area contributed by atoms with Crippen LogP contribution in [0.3, 0.4) is 0 Å². The third-order valence-electron chi connectivity index (χ3n) is 4.79. The van der Waals surface area contributed by atoms with E-state index in [2.05, 4.69) is 20.9 Å². The molecule has 0 saturated heterocycles. The Morgan fingerprint density at radius 1 is 1.03 bits per heavy atom. The number of nitrogens with zero attached hydrogens (tertiary/aromatic N) is 1. The van der Waals surface area contributed by atoms with E-state index in [0.29, 0.717) is 30.2 Å². The van der Waals surface area contributed by atoms with E-state index in [1.807, 2.05) is 62.4 Å². The molecule has 2 amide bonds. The Hall–Kier alpha value is -3.87. The second-order valence-electron chi connectivity index (χ2n) is 6.92. The Labute approximate surface area is 181 Å². The standard InChI is InChI=1S/C24H26N4O3/c1-4-25-24(30)28-21-16(2)13-14-26-22(21)27-15-17-9-11-18(12-10-17)19-7-5-6-8-20(19)23(29)31-3/h5-14H,4,15H2,1-3H3,(H,26,27)(H2,25,28,30). The Morgan fingerprint density at radius 3 is 2.48 bits per heavy atom. The molecule has 160 valence electrons. The Bertz CT molecular complexity index is 1060. The minimum atomic E-state index is -0.362. The summed E-state index contributed by atoms with van der Waals surface area (Å²) in [6.07, 6.45) is 1.70. The maximum atomic E-state index is 12.0. The lowest BCUT2D eigenvalue weighted by Gasteiger charge is -2.15. The van der Waals surface area contributed by atoms with Crippen LogP contribution in [-0.2, 0) is 11.3 Å². The van der Waals surface area contributed by atoms with Crippen LogP contribution in [0.25, 0.3) is 11.1 Å². The van der Waals surface area contributed by atoms with Crippen LogP contribution in [-0.4, -0.2) is 30.6 Å². The van der Waals surface area contributed by atoms with Crippen molar-refractivity contribution >= 4 is 23.5 Å². The Kier molecular flexibility index (Phi) is 7.22. The monoisotopic (exact) mass is 418 g/mol. The summed E-state index contributed by atoms with van der Waals surface area (Å²) in [5.41, 5.74) is 4.88. The highest BCUT2D eigenvalue weighted by Gasteiger charge is 2.13. The summed E-state index contributed by atoms with van der Waals surface area (Å²) in [7, 11) is 1.38. The fourth-order valence-electron chi connectivity index (χ4n) is 3.18. The van der Waals surface area contributed by atoms with Gasteiger partial charge in [0.1, 0.15) is 5.82 Å². The SMILES string of the molecule is CCNC(=O)Nc1c(C)ccnc1NCc1ccc(-c2ccccc2C(=O)OC)cc1. The topological polar surface area (TPSA) is 92.4 Å². The van der Waals surface area contributed by atoms with E-state index in [9.17, 15) is 9.59 Å². The molecule has 0 aliphatic rings. The second kappa shape index (κ2) is 10.2. The molecule has 3 aromatic rings. The first-order valence-corrected chi connectivity index (χ1v) is 10.0. The summed E-state index contributed by atoms with van der Waals surface area (Å²) < 4.78 is 4.88. The number of methoxy groups -OCH3 is 1. The quantitative estimate of drug-likeness (QED) is 0.488. The van der Waals surface area contributed by atoms with Crippen LogP contribution in [0.1, 0.15) is 28.4 Å². The smallest absolute Gasteiger partial charge is 0.338 e. The minimum absolute atomic E-state index is 0.268. The molecular weight excluding hydrogens is 392 g/mol. The van der Waals surface area contributed by atoms with E-state index in [-0.39, 0.29) is 12.0 Å². The van der Waals surface area contributed by atoms with Gasteiger partial charge < -0.3 is 20.7 Å². The van der Waals surface area contributed by atoms with Crippen molar-refractivity contribution < 1.29 is 14.3 Å². The van der Waals surface area contributed by atoms with Gasteiger partial charge in [-0.1, -0.05) is 42.5 Å². The van der Waals surface area contributed by atoms with Crippen LogP contribution in [0, 0.1) is 6.92 Å². The first kappa shape index (κ1) is 21.8. The zero-order chi connectivity index (χ0) is 22.2. The van der Waals surface area contributed by atoms with Gasteiger partial charge in [0.2, 0.25) is 0 Å². The minimum Gasteiger partial charge on any atom is -0.465 e. The molecule has 7 heteroatoms. The van der Waals surface area contributed by atoms with Gasteiger partial charge in [-0.15, -0.1) is 0 Å². The Balaban J connectivity index is 1.75. The molecule has 0 fully saturated rings. The summed E-state index contributed by atoms with van der Waals surface area (Å²) in [5.74, 6) is 0.241. The number of urea groups is 1. The van der Waals surface area contributed by atoms with E-state index >= 15 is 0 Å². The van der Waals surface area contributed by atoms with Crippen molar-refractivity contribution in [2.45, 2.75) is 20.4 Å². The number of pyridine rings is 1. The van der Waals surface area contributed by atoms with Gasteiger partial charge >= 0.3 is 12.0 Å². The lowest BCUT2D eigenvalue weighted by atomic mass is 9.98. The first-order valence-electron chi connectivity index (χ1n) is 10.0. The number of nitrogens with one attached hydrogen (secondary N) is 3. The van der Waals surface area contributed by atoms with Crippen LogP contribution >= 0.6 is 0 Å². The summed E-state index contributed by atoms with van der Waals surface area (Å²) in [6.45, 7) is 4.85. The second-order valence-corrected chi connectivity index (χ2v) is 6.92. The molecule has 1 aromatic heterocycles.